The Morgan fingerprint density at radius 3 is 2.65 bits per heavy atom. The van der Waals surface area contributed by atoms with E-state index in [1.807, 2.05) is 19.1 Å². The molecular weight excluding hydrogens is 276 g/mol. The number of rotatable bonds is 5. The number of nitrogens with zero attached hydrogens (tertiary/aromatic N) is 1. The molecule has 20 heavy (non-hydrogen) atoms. The maximum absolute atomic E-state index is 11.3. The summed E-state index contributed by atoms with van der Waals surface area (Å²) in [5.74, 6) is -0.111. The molecule has 0 saturated carbocycles. The van der Waals surface area contributed by atoms with Crippen LogP contribution in [0.5, 0.6) is 5.75 Å². The number of aromatic nitrogens is 1. The van der Waals surface area contributed by atoms with Crippen molar-refractivity contribution < 1.29 is 9.53 Å². The van der Waals surface area contributed by atoms with Crippen LogP contribution in [-0.2, 0) is 0 Å². The zero-order valence-corrected chi connectivity index (χ0v) is 12.0. The van der Waals surface area contributed by atoms with Gasteiger partial charge in [0.2, 0.25) is 0 Å². The van der Waals surface area contributed by atoms with Gasteiger partial charge in [-0.3, -0.25) is 9.78 Å². The molecule has 2 aromatic rings. The number of hydrogen-bond donors (Lipinski definition) is 3. The number of amides is 1. The molecule has 0 aromatic carbocycles. The number of nitrogen functional groups attached to an aromatic ring is 1. The molecule has 2 rings (SSSR count). The highest BCUT2D eigenvalue weighted by Gasteiger charge is 2.21. The molecule has 0 aliphatic heterocycles. The Morgan fingerprint density at radius 1 is 1.45 bits per heavy atom. The molecule has 0 saturated heterocycles. The van der Waals surface area contributed by atoms with Crippen LogP contribution in [0.15, 0.2) is 24.5 Å². The number of nitrogens with one attached hydrogen (secondary N) is 1. The first-order chi connectivity index (χ1) is 9.54. The first-order valence-electron chi connectivity index (χ1n) is 5.97. The summed E-state index contributed by atoms with van der Waals surface area (Å²) in [5, 5.41) is 3.96. The van der Waals surface area contributed by atoms with Gasteiger partial charge in [0.1, 0.15) is 15.6 Å². The number of anilines is 2. The third-order valence-corrected chi connectivity index (χ3v) is 4.01. The fraction of sp³-hybridized carbons (Fsp3) is 0.231. The van der Waals surface area contributed by atoms with Gasteiger partial charge in [-0.2, -0.15) is 0 Å². The molecular formula is C13H16N4O2S. The minimum Gasteiger partial charge on any atom is -0.492 e. The van der Waals surface area contributed by atoms with Crippen molar-refractivity contribution in [3.05, 3.63) is 35.0 Å². The van der Waals surface area contributed by atoms with Crippen LogP contribution in [0, 0.1) is 0 Å². The van der Waals surface area contributed by atoms with Crippen LogP contribution in [0.3, 0.4) is 0 Å². The number of carbonyl (C=O) groups excluding carboxylic acids is 1. The SMILES string of the molecule is COc1c(NC(C)c2ccncc2)sc(C(N)=O)c1N. The molecule has 0 bridgehead atoms. The van der Waals surface area contributed by atoms with Gasteiger partial charge in [-0.1, -0.05) is 0 Å². The van der Waals surface area contributed by atoms with Crippen molar-refractivity contribution in [2.45, 2.75) is 13.0 Å². The zero-order chi connectivity index (χ0) is 14.7. The van der Waals surface area contributed by atoms with E-state index in [2.05, 4.69) is 10.3 Å². The first-order valence-corrected chi connectivity index (χ1v) is 6.78. The molecule has 1 unspecified atom stereocenters. The normalized spacial score (nSPS) is 11.9. The van der Waals surface area contributed by atoms with Crippen LogP contribution < -0.4 is 21.5 Å². The van der Waals surface area contributed by atoms with Crippen molar-refractivity contribution >= 4 is 27.9 Å². The van der Waals surface area contributed by atoms with Crippen LogP contribution in [0.1, 0.15) is 28.2 Å². The maximum Gasteiger partial charge on any atom is 0.261 e. The van der Waals surface area contributed by atoms with Crippen molar-refractivity contribution in [2.24, 2.45) is 5.73 Å². The summed E-state index contributed by atoms with van der Waals surface area (Å²) in [4.78, 5) is 15.6. The highest BCUT2D eigenvalue weighted by atomic mass is 32.1. The lowest BCUT2D eigenvalue weighted by molar-refractivity contribution is 0.100. The molecule has 0 aliphatic carbocycles. The fourth-order valence-electron chi connectivity index (χ4n) is 1.84. The highest BCUT2D eigenvalue weighted by Crippen LogP contribution is 2.43. The maximum atomic E-state index is 11.3. The van der Waals surface area contributed by atoms with Crippen LogP contribution in [0.4, 0.5) is 10.7 Å². The molecule has 2 aromatic heterocycles. The Bertz CT molecular complexity index is 612. The summed E-state index contributed by atoms with van der Waals surface area (Å²) in [5.41, 5.74) is 12.5. The smallest absolute Gasteiger partial charge is 0.261 e. The topological polar surface area (TPSA) is 103 Å². The molecule has 1 atom stereocenters. The Hall–Kier alpha value is -2.28. The van der Waals surface area contributed by atoms with Crippen LogP contribution >= 0.6 is 11.3 Å². The van der Waals surface area contributed by atoms with Gasteiger partial charge in [-0.05, 0) is 24.6 Å². The summed E-state index contributed by atoms with van der Waals surface area (Å²) in [6, 6.07) is 3.84. The molecule has 0 fully saturated rings. The van der Waals surface area contributed by atoms with E-state index in [1.54, 1.807) is 12.4 Å². The molecule has 0 spiro atoms. The summed E-state index contributed by atoms with van der Waals surface area (Å²) in [7, 11) is 1.51. The number of ether oxygens (including phenoxy) is 1. The number of methoxy groups -OCH3 is 1. The third kappa shape index (κ3) is 2.67. The average molecular weight is 292 g/mol. The predicted molar refractivity (Wildman–Crippen MR) is 80.1 cm³/mol. The van der Waals surface area contributed by atoms with E-state index >= 15 is 0 Å². The molecule has 7 heteroatoms. The Balaban J connectivity index is 2.29. The van der Waals surface area contributed by atoms with Crippen molar-refractivity contribution in [1.82, 2.24) is 4.98 Å². The van der Waals surface area contributed by atoms with E-state index in [1.165, 1.54) is 18.4 Å². The number of nitrogens with two attached hydrogens (primary N) is 2. The van der Waals surface area contributed by atoms with Gasteiger partial charge in [0.25, 0.3) is 5.91 Å². The van der Waals surface area contributed by atoms with Crippen molar-refractivity contribution in [3.8, 4) is 5.75 Å². The van der Waals surface area contributed by atoms with Crippen LogP contribution in [0.2, 0.25) is 0 Å². The second-order valence-corrected chi connectivity index (χ2v) is 5.24. The third-order valence-electron chi connectivity index (χ3n) is 2.88. The van der Waals surface area contributed by atoms with Gasteiger partial charge >= 0.3 is 0 Å². The Labute approximate surface area is 120 Å². The zero-order valence-electron chi connectivity index (χ0n) is 11.2. The fourth-order valence-corrected chi connectivity index (χ4v) is 2.87. The Morgan fingerprint density at radius 2 is 2.10 bits per heavy atom. The molecule has 1 amide bonds. The second-order valence-electron chi connectivity index (χ2n) is 4.22. The van der Waals surface area contributed by atoms with Crippen molar-refractivity contribution in [1.29, 1.82) is 0 Å². The number of pyridine rings is 1. The number of carbonyl (C=O) groups is 1. The minimum absolute atomic E-state index is 0.0191. The van der Waals surface area contributed by atoms with Gasteiger partial charge in [0.15, 0.2) is 5.75 Å². The molecule has 2 heterocycles. The number of hydrogen-bond acceptors (Lipinski definition) is 6. The minimum atomic E-state index is -0.560. The first kappa shape index (κ1) is 14.1. The summed E-state index contributed by atoms with van der Waals surface area (Å²) >= 11 is 1.19. The van der Waals surface area contributed by atoms with Gasteiger partial charge in [-0.15, -0.1) is 11.3 Å². The lowest BCUT2D eigenvalue weighted by Crippen LogP contribution is -2.10. The molecule has 5 N–H and O–H groups in total. The molecule has 0 radical (unpaired) electrons. The highest BCUT2D eigenvalue weighted by molar-refractivity contribution is 7.19. The van der Waals surface area contributed by atoms with E-state index in [4.69, 9.17) is 16.2 Å². The van der Waals surface area contributed by atoms with Gasteiger partial charge in [0, 0.05) is 18.4 Å². The quantitative estimate of drug-likeness (QED) is 0.782. The van der Waals surface area contributed by atoms with Crippen molar-refractivity contribution in [3.63, 3.8) is 0 Å². The lowest BCUT2D eigenvalue weighted by atomic mass is 10.1. The van der Waals surface area contributed by atoms with Gasteiger partial charge in [0.05, 0.1) is 7.11 Å². The van der Waals surface area contributed by atoms with E-state index in [9.17, 15) is 4.79 Å². The standard InChI is InChI=1S/C13H16N4O2S/c1-7(8-3-5-16-6-4-8)17-13-10(19-2)9(14)11(20-13)12(15)18/h3-7,17H,14H2,1-2H3,(H2,15,18). The van der Waals surface area contributed by atoms with Crippen molar-refractivity contribution in [2.75, 3.05) is 18.2 Å². The molecule has 6 nitrogen and oxygen atoms in total. The summed E-state index contributed by atoms with van der Waals surface area (Å²) < 4.78 is 5.25. The summed E-state index contributed by atoms with van der Waals surface area (Å²) in [6.07, 6.45) is 3.45. The predicted octanol–water partition coefficient (Wildman–Crippen LogP) is 2.01. The Kier molecular flexibility index (Phi) is 4.09. The molecule has 0 aliphatic rings. The average Bonchev–Trinajstić information content (AvgIpc) is 2.76. The second kappa shape index (κ2) is 5.79. The molecule has 106 valence electrons. The lowest BCUT2D eigenvalue weighted by Gasteiger charge is -2.15. The van der Waals surface area contributed by atoms with E-state index in [0.717, 1.165) is 5.56 Å². The number of thiophene rings is 1. The van der Waals surface area contributed by atoms with E-state index < -0.39 is 5.91 Å². The van der Waals surface area contributed by atoms with Gasteiger partial charge < -0.3 is 21.5 Å². The van der Waals surface area contributed by atoms with Crippen LogP contribution in [0.25, 0.3) is 0 Å². The monoisotopic (exact) mass is 292 g/mol. The van der Waals surface area contributed by atoms with E-state index in [-0.39, 0.29) is 11.7 Å². The number of primary amides is 1. The van der Waals surface area contributed by atoms with E-state index in [0.29, 0.717) is 15.6 Å². The largest absolute Gasteiger partial charge is 0.492 e. The summed E-state index contributed by atoms with van der Waals surface area (Å²) in [6.45, 7) is 1.99. The van der Waals surface area contributed by atoms with Gasteiger partial charge in [-0.25, -0.2) is 0 Å². The van der Waals surface area contributed by atoms with Crippen LogP contribution in [-0.4, -0.2) is 18.0 Å².